The summed E-state index contributed by atoms with van der Waals surface area (Å²) in [5, 5.41) is 12.7. The second-order valence-electron chi connectivity index (χ2n) is 12.6. The van der Waals surface area contributed by atoms with Crippen molar-refractivity contribution in [2.75, 3.05) is 0 Å². The molecule has 2 unspecified atom stereocenters. The van der Waals surface area contributed by atoms with Gasteiger partial charge in [0.25, 0.3) is 0 Å². The molecule has 4 rings (SSSR count). The van der Waals surface area contributed by atoms with Crippen molar-refractivity contribution in [3.05, 3.63) is 77.9 Å². The van der Waals surface area contributed by atoms with E-state index < -0.39 is 7.92 Å². The molecule has 0 amide bonds. The van der Waals surface area contributed by atoms with Crippen molar-refractivity contribution in [2.24, 2.45) is 10.8 Å². The fraction of sp³-hybridized carbons (Fsp3) is 0.455. The van der Waals surface area contributed by atoms with Crippen LogP contribution < -0.4 is 5.30 Å². The molecule has 1 saturated heterocycles. The first kappa shape index (κ1) is 26.1. The highest BCUT2D eigenvalue weighted by molar-refractivity contribution is 7.67. The summed E-state index contributed by atoms with van der Waals surface area (Å²) in [6.45, 7) is 18.8. The van der Waals surface area contributed by atoms with Crippen LogP contribution in [-0.4, -0.2) is 22.5 Å². The first-order chi connectivity index (χ1) is 16.4. The van der Waals surface area contributed by atoms with Crippen LogP contribution in [0.15, 0.2) is 66.7 Å². The highest BCUT2D eigenvalue weighted by Gasteiger charge is 2.48. The quantitative estimate of drug-likeness (QED) is 0.367. The van der Waals surface area contributed by atoms with Gasteiger partial charge in [-0.15, -0.1) is 0 Å². The highest BCUT2D eigenvalue weighted by atomic mass is 31.1. The molecule has 1 fully saturated rings. The molecule has 2 heteroatoms. The summed E-state index contributed by atoms with van der Waals surface area (Å²) in [5.41, 5.74) is 9.20. The largest absolute Gasteiger partial charge is 0.393 e. The Hall–Kier alpha value is -1.95. The Kier molecular flexibility index (Phi) is 7.34. The van der Waals surface area contributed by atoms with Gasteiger partial charge in [-0.3, -0.25) is 0 Å². The third-order valence-corrected chi connectivity index (χ3v) is 12.1. The maximum Gasteiger partial charge on any atom is 0.0552 e. The van der Waals surface area contributed by atoms with Crippen LogP contribution >= 0.6 is 7.92 Å². The fourth-order valence-corrected chi connectivity index (χ4v) is 10.5. The number of benzene rings is 3. The molecule has 3 aromatic rings. The van der Waals surface area contributed by atoms with Crippen LogP contribution in [0.3, 0.4) is 0 Å². The summed E-state index contributed by atoms with van der Waals surface area (Å²) < 4.78 is 0. The summed E-state index contributed by atoms with van der Waals surface area (Å²) in [5.74, 6) is 0. The average Bonchev–Trinajstić information content (AvgIpc) is 2.78. The maximum absolute atomic E-state index is 11.1. The summed E-state index contributed by atoms with van der Waals surface area (Å²) >= 11 is 0. The second-order valence-corrected chi connectivity index (χ2v) is 15.1. The summed E-state index contributed by atoms with van der Waals surface area (Å²) in [6, 6.07) is 24.6. The molecule has 186 valence electrons. The summed E-state index contributed by atoms with van der Waals surface area (Å²) in [6.07, 6.45) is 1.54. The van der Waals surface area contributed by atoms with E-state index in [0.29, 0.717) is 11.3 Å². The van der Waals surface area contributed by atoms with Crippen molar-refractivity contribution in [1.82, 2.24) is 0 Å². The van der Waals surface area contributed by atoms with Crippen LogP contribution in [0.1, 0.15) is 65.5 Å². The Morgan fingerprint density at radius 3 is 1.34 bits per heavy atom. The monoisotopic (exact) mass is 486 g/mol. The molecule has 35 heavy (non-hydrogen) atoms. The zero-order valence-corrected chi connectivity index (χ0v) is 23.8. The van der Waals surface area contributed by atoms with Crippen LogP contribution in [-0.2, 0) is 0 Å². The smallest absolute Gasteiger partial charge is 0.0552 e. The third-order valence-electron chi connectivity index (χ3n) is 7.83. The molecule has 0 aliphatic carbocycles. The van der Waals surface area contributed by atoms with E-state index in [0.717, 1.165) is 12.8 Å². The summed E-state index contributed by atoms with van der Waals surface area (Å²) in [7, 11) is -0.570. The Morgan fingerprint density at radius 2 is 0.971 bits per heavy atom. The van der Waals surface area contributed by atoms with E-state index in [-0.39, 0.29) is 16.9 Å². The van der Waals surface area contributed by atoms with E-state index >= 15 is 0 Å². The van der Waals surface area contributed by atoms with Crippen molar-refractivity contribution in [3.63, 3.8) is 0 Å². The van der Waals surface area contributed by atoms with Gasteiger partial charge in [0.2, 0.25) is 0 Å². The molecule has 1 heterocycles. The van der Waals surface area contributed by atoms with Gasteiger partial charge in [0, 0.05) is 0 Å². The van der Waals surface area contributed by atoms with Gasteiger partial charge in [-0.1, -0.05) is 116 Å². The highest BCUT2D eigenvalue weighted by Crippen LogP contribution is 2.64. The standard InChI is InChI=1S/C33H43OP/c1-22-14-9-11-16-25(22)27-18-13-19-28(26-17-12-10-15-23(26)2)31(27)35-29(32(3,4)5)20-24(34)21-30(35)33(6,7)8/h9-19,24,29-30,34H,20-21H2,1-8H3. The number of hydrogen-bond donors (Lipinski definition) is 1. The number of aryl methyl sites for hydroxylation is 2. The van der Waals surface area contributed by atoms with Crippen molar-refractivity contribution in [3.8, 4) is 22.3 Å². The molecule has 1 N–H and O–H groups in total. The van der Waals surface area contributed by atoms with E-state index in [1.165, 1.54) is 38.7 Å². The SMILES string of the molecule is Cc1ccccc1-c1cccc(-c2ccccc2C)c1P1C(C(C)(C)C)CC(O)CC1C(C)(C)C. The first-order valence-electron chi connectivity index (χ1n) is 13.1. The summed E-state index contributed by atoms with van der Waals surface area (Å²) in [4.78, 5) is 0. The maximum atomic E-state index is 11.1. The van der Waals surface area contributed by atoms with Gasteiger partial charge in [-0.05, 0) is 87.5 Å². The predicted octanol–water partition coefficient (Wildman–Crippen LogP) is 8.73. The molecule has 0 radical (unpaired) electrons. The number of rotatable bonds is 3. The van der Waals surface area contributed by atoms with Crippen molar-refractivity contribution >= 4 is 13.2 Å². The number of hydrogen-bond acceptors (Lipinski definition) is 1. The van der Waals surface area contributed by atoms with Crippen molar-refractivity contribution in [1.29, 1.82) is 0 Å². The molecular weight excluding hydrogens is 443 g/mol. The Morgan fingerprint density at radius 1 is 0.600 bits per heavy atom. The van der Waals surface area contributed by atoms with E-state index in [4.69, 9.17) is 0 Å². The fourth-order valence-electron chi connectivity index (χ4n) is 5.92. The molecule has 0 spiro atoms. The lowest BCUT2D eigenvalue weighted by Gasteiger charge is -2.52. The van der Waals surface area contributed by atoms with Gasteiger partial charge in [0.05, 0.1) is 6.10 Å². The Balaban J connectivity index is 2.10. The minimum Gasteiger partial charge on any atom is -0.393 e. The zero-order chi connectivity index (χ0) is 25.5. The van der Waals surface area contributed by atoms with Crippen LogP contribution in [0.4, 0.5) is 0 Å². The molecule has 1 aliphatic rings. The second kappa shape index (κ2) is 9.84. The molecule has 3 aromatic carbocycles. The van der Waals surface area contributed by atoms with E-state index in [9.17, 15) is 5.11 Å². The number of aliphatic hydroxyl groups excluding tert-OH is 1. The van der Waals surface area contributed by atoms with E-state index in [1.54, 1.807) is 0 Å². The van der Waals surface area contributed by atoms with E-state index in [1.807, 2.05) is 0 Å². The minimum atomic E-state index is -0.570. The topological polar surface area (TPSA) is 20.2 Å². The normalized spacial score (nSPS) is 23.3. The van der Waals surface area contributed by atoms with Crippen LogP contribution in [0.2, 0.25) is 0 Å². The Bertz CT molecular complexity index is 1090. The van der Waals surface area contributed by atoms with Crippen molar-refractivity contribution < 1.29 is 5.11 Å². The van der Waals surface area contributed by atoms with Gasteiger partial charge in [-0.2, -0.15) is 0 Å². The van der Waals surface area contributed by atoms with Gasteiger partial charge < -0.3 is 5.11 Å². The van der Waals surface area contributed by atoms with Gasteiger partial charge in [0.1, 0.15) is 0 Å². The Labute approximate surface area is 214 Å². The molecular formula is C33H43OP. The third kappa shape index (κ3) is 5.28. The van der Waals surface area contributed by atoms with Crippen LogP contribution in [0.5, 0.6) is 0 Å². The predicted molar refractivity (Wildman–Crippen MR) is 155 cm³/mol. The first-order valence-corrected chi connectivity index (χ1v) is 14.6. The zero-order valence-electron chi connectivity index (χ0n) is 22.9. The molecule has 2 atom stereocenters. The van der Waals surface area contributed by atoms with Gasteiger partial charge in [0.15, 0.2) is 0 Å². The van der Waals surface area contributed by atoms with Crippen molar-refractivity contribution in [2.45, 2.75) is 85.7 Å². The number of aliphatic hydroxyl groups is 1. The molecule has 0 aromatic heterocycles. The molecule has 1 nitrogen and oxygen atoms in total. The van der Waals surface area contributed by atoms with Gasteiger partial charge >= 0.3 is 0 Å². The average molecular weight is 487 g/mol. The lowest BCUT2D eigenvalue weighted by molar-refractivity contribution is 0.115. The molecule has 0 bridgehead atoms. The lowest BCUT2D eigenvalue weighted by Crippen LogP contribution is -2.45. The van der Waals surface area contributed by atoms with Crippen LogP contribution in [0.25, 0.3) is 22.3 Å². The van der Waals surface area contributed by atoms with Gasteiger partial charge in [-0.25, -0.2) is 0 Å². The van der Waals surface area contributed by atoms with Crippen LogP contribution in [0, 0.1) is 24.7 Å². The molecule has 1 aliphatic heterocycles. The van der Waals surface area contributed by atoms with E-state index in [2.05, 4.69) is 122 Å². The lowest BCUT2D eigenvalue weighted by atomic mass is 9.83. The molecule has 0 saturated carbocycles. The minimum absolute atomic E-state index is 0.110.